The highest BCUT2D eigenvalue weighted by atomic mass is 35.5. The SMILES string of the molecule is O=C(CSCc1ccccc1)N[C@@H]1CS(=O)(=O)C[C@@H]1Cl. The van der Waals surface area contributed by atoms with Gasteiger partial charge in [0.05, 0.1) is 28.7 Å². The van der Waals surface area contributed by atoms with Crippen LogP contribution in [0.15, 0.2) is 30.3 Å². The minimum atomic E-state index is -3.11. The zero-order valence-electron chi connectivity index (χ0n) is 10.8. The van der Waals surface area contributed by atoms with Gasteiger partial charge in [-0.05, 0) is 5.56 Å². The van der Waals surface area contributed by atoms with Gasteiger partial charge in [-0.1, -0.05) is 30.3 Å². The van der Waals surface area contributed by atoms with Crippen LogP contribution < -0.4 is 5.32 Å². The lowest BCUT2D eigenvalue weighted by atomic mass is 10.2. The van der Waals surface area contributed by atoms with Crippen molar-refractivity contribution in [1.82, 2.24) is 5.32 Å². The average molecular weight is 334 g/mol. The molecule has 0 bridgehead atoms. The number of amides is 1. The standard InChI is InChI=1S/C13H16ClNO3S2/c14-11-8-20(17,18)9-12(11)15-13(16)7-19-6-10-4-2-1-3-5-10/h1-5,11-12H,6-9H2,(H,15,16)/t11-,12+/m0/s1. The van der Waals surface area contributed by atoms with Crippen LogP contribution in [0.1, 0.15) is 5.56 Å². The fourth-order valence-electron chi connectivity index (χ4n) is 2.02. The van der Waals surface area contributed by atoms with Gasteiger partial charge in [-0.3, -0.25) is 4.79 Å². The van der Waals surface area contributed by atoms with Crippen LogP contribution in [0, 0.1) is 0 Å². The third-order valence-electron chi connectivity index (χ3n) is 2.97. The number of hydrogen-bond donors (Lipinski definition) is 1. The monoisotopic (exact) mass is 333 g/mol. The molecular formula is C13H16ClNO3S2. The Morgan fingerprint density at radius 3 is 2.60 bits per heavy atom. The molecule has 0 aromatic heterocycles. The molecule has 1 aliphatic heterocycles. The molecule has 1 saturated heterocycles. The summed E-state index contributed by atoms with van der Waals surface area (Å²) in [7, 11) is -3.11. The Morgan fingerprint density at radius 1 is 1.30 bits per heavy atom. The maximum atomic E-state index is 11.8. The number of alkyl halides is 1. The molecule has 4 nitrogen and oxygen atoms in total. The number of rotatable bonds is 5. The zero-order valence-corrected chi connectivity index (χ0v) is 13.2. The predicted octanol–water partition coefficient (Wildman–Crippen LogP) is 1.44. The number of carbonyl (C=O) groups is 1. The molecule has 0 saturated carbocycles. The molecule has 0 aliphatic carbocycles. The third-order valence-corrected chi connectivity index (χ3v) is 6.35. The fraction of sp³-hybridized carbons (Fsp3) is 0.462. The van der Waals surface area contributed by atoms with Gasteiger partial charge in [0, 0.05) is 5.75 Å². The van der Waals surface area contributed by atoms with Gasteiger partial charge in [-0.15, -0.1) is 23.4 Å². The van der Waals surface area contributed by atoms with E-state index in [4.69, 9.17) is 11.6 Å². The molecule has 20 heavy (non-hydrogen) atoms. The van der Waals surface area contributed by atoms with E-state index in [1.165, 1.54) is 11.8 Å². The van der Waals surface area contributed by atoms with Crippen molar-refractivity contribution in [3.8, 4) is 0 Å². The quantitative estimate of drug-likeness (QED) is 0.828. The molecule has 110 valence electrons. The summed E-state index contributed by atoms with van der Waals surface area (Å²) >= 11 is 7.43. The summed E-state index contributed by atoms with van der Waals surface area (Å²) in [5.74, 6) is 0.766. The van der Waals surface area contributed by atoms with Crippen LogP contribution in [0.25, 0.3) is 0 Å². The van der Waals surface area contributed by atoms with Crippen LogP contribution in [0.2, 0.25) is 0 Å². The van der Waals surface area contributed by atoms with E-state index in [0.717, 1.165) is 11.3 Å². The van der Waals surface area contributed by atoms with E-state index >= 15 is 0 Å². The first-order chi connectivity index (χ1) is 9.46. The largest absolute Gasteiger partial charge is 0.350 e. The van der Waals surface area contributed by atoms with E-state index in [1.54, 1.807) is 0 Å². The van der Waals surface area contributed by atoms with E-state index < -0.39 is 21.3 Å². The third kappa shape index (κ3) is 4.68. The molecule has 1 aromatic carbocycles. The van der Waals surface area contributed by atoms with E-state index in [1.807, 2.05) is 30.3 Å². The summed E-state index contributed by atoms with van der Waals surface area (Å²) < 4.78 is 22.8. The lowest BCUT2D eigenvalue weighted by Crippen LogP contribution is -2.41. The van der Waals surface area contributed by atoms with E-state index in [-0.39, 0.29) is 17.4 Å². The van der Waals surface area contributed by atoms with Crippen LogP contribution in [-0.4, -0.2) is 43.0 Å². The van der Waals surface area contributed by atoms with Crippen molar-refractivity contribution in [2.75, 3.05) is 17.3 Å². The molecule has 1 heterocycles. The molecule has 1 N–H and O–H groups in total. The summed E-state index contributed by atoms with van der Waals surface area (Å²) in [6, 6.07) is 9.40. The van der Waals surface area contributed by atoms with Crippen LogP contribution >= 0.6 is 23.4 Å². The lowest BCUT2D eigenvalue weighted by molar-refractivity contribution is -0.119. The van der Waals surface area contributed by atoms with Crippen molar-refractivity contribution in [3.63, 3.8) is 0 Å². The average Bonchev–Trinajstić information content (AvgIpc) is 2.63. The maximum absolute atomic E-state index is 11.8. The minimum Gasteiger partial charge on any atom is -0.350 e. The number of benzene rings is 1. The van der Waals surface area contributed by atoms with Gasteiger partial charge in [0.15, 0.2) is 9.84 Å². The van der Waals surface area contributed by atoms with Crippen molar-refractivity contribution in [3.05, 3.63) is 35.9 Å². The van der Waals surface area contributed by atoms with E-state index in [0.29, 0.717) is 5.75 Å². The first-order valence-electron chi connectivity index (χ1n) is 6.22. The molecule has 0 radical (unpaired) electrons. The molecule has 2 atom stereocenters. The Morgan fingerprint density at radius 2 is 2.00 bits per heavy atom. The molecule has 7 heteroatoms. The fourth-order valence-corrected chi connectivity index (χ4v) is 5.37. The van der Waals surface area contributed by atoms with Crippen molar-refractivity contribution in [2.24, 2.45) is 0 Å². The topological polar surface area (TPSA) is 63.2 Å². The molecule has 1 amide bonds. The van der Waals surface area contributed by atoms with Crippen LogP contribution in [0.4, 0.5) is 0 Å². The number of hydrogen-bond acceptors (Lipinski definition) is 4. The summed E-state index contributed by atoms with van der Waals surface area (Å²) in [4.78, 5) is 11.8. The van der Waals surface area contributed by atoms with Gasteiger partial charge in [0.1, 0.15) is 0 Å². The molecule has 1 aromatic rings. The van der Waals surface area contributed by atoms with Gasteiger partial charge in [-0.2, -0.15) is 0 Å². The lowest BCUT2D eigenvalue weighted by Gasteiger charge is -2.14. The smallest absolute Gasteiger partial charge is 0.230 e. The van der Waals surface area contributed by atoms with Crippen LogP contribution in [0.5, 0.6) is 0 Å². The number of carbonyl (C=O) groups excluding carboxylic acids is 1. The second-order valence-corrected chi connectivity index (χ2v) is 8.45. The van der Waals surface area contributed by atoms with E-state index in [2.05, 4.69) is 5.32 Å². The van der Waals surface area contributed by atoms with Gasteiger partial charge >= 0.3 is 0 Å². The van der Waals surface area contributed by atoms with Crippen molar-refractivity contribution in [2.45, 2.75) is 17.2 Å². The Hall–Kier alpha value is -0.720. The van der Waals surface area contributed by atoms with Crippen molar-refractivity contribution >= 4 is 39.1 Å². The number of nitrogens with one attached hydrogen (secondary N) is 1. The molecular weight excluding hydrogens is 318 g/mol. The van der Waals surface area contributed by atoms with Crippen LogP contribution in [-0.2, 0) is 20.4 Å². The molecule has 2 rings (SSSR count). The molecule has 0 spiro atoms. The van der Waals surface area contributed by atoms with Crippen LogP contribution in [0.3, 0.4) is 0 Å². The maximum Gasteiger partial charge on any atom is 0.230 e. The first kappa shape index (κ1) is 15.7. The highest BCUT2D eigenvalue weighted by Gasteiger charge is 2.37. The summed E-state index contributed by atoms with van der Waals surface area (Å²) in [5, 5.41) is 2.17. The highest BCUT2D eigenvalue weighted by molar-refractivity contribution is 7.99. The predicted molar refractivity (Wildman–Crippen MR) is 82.8 cm³/mol. The van der Waals surface area contributed by atoms with Gasteiger partial charge < -0.3 is 5.32 Å². The molecule has 0 unspecified atom stereocenters. The summed E-state index contributed by atoms with van der Waals surface area (Å²) in [6.45, 7) is 0. The van der Waals surface area contributed by atoms with Gasteiger partial charge in [0.2, 0.25) is 5.91 Å². The first-order valence-corrected chi connectivity index (χ1v) is 9.63. The number of thioether (sulfide) groups is 1. The minimum absolute atomic E-state index is 0.0589. The Bertz CT molecular complexity index is 562. The number of halogens is 1. The summed E-state index contributed by atoms with van der Waals surface area (Å²) in [5.41, 5.74) is 1.16. The van der Waals surface area contributed by atoms with Crippen molar-refractivity contribution in [1.29, 1.82) is 0 Å². The van der Waals surface area contributed by atoms with Gasteiger partial charge in [0.25, 0.3) is 0 Å². The normalized spacial score (nSPS) is 24.4. The Kier molecular flexibility index (Phi) is 5.35. The molecule has 1 fully saturated rings. The zero-order chi connectivity index (χ0) is 14.6. The highest BCUT2D eigenvalue weighted by Crippen LogP contribution is 2.18. The Labute approximate surface area is 128 Å². The van der Waals surface area contributed by atoms with Gasteiger partial charge in [-0.25, -0.2) is 8.42 Å². The van der Waals surface area contributed by atoms with E-state index in [9.17, 15) is 13.2 Å². The second-order valence-electron chi connectivity index (χ2n) is 4.75. The number of sulfone groups is 1. The Balaban J connectivity index is 1.73. The molecule has 1 aliphatic rings. The second kappa shape index (κ2) is 6.83. The van der Waals surface area contributed by atoms with Crippen molar-refractivity contribution < 1.29 is 13.2 Å². The summed E-state index contributed by atoms with van der Waals surface area (Å²) in [6.07, 6.45) is 0.